The molecular formula is C11H21NO3. The molecule has 0 aliphatic heterocycles. The van der Waals surface area contributed by atoms with Gasteiger partial charge >= 0.3 is 5.97 Å². The van der Waals surface area contributed by atoms with Gasteiger partial charge in [-0.25, -0.2) is 0 Å². The summed E-state index contributed by atoms with van der Waals surface area (Å²) in [5.41, 5.74) is 0. The second kappa shape index (κ2) is 7.26. The van der Waals surface area contributed by atoms with E-state index in [0.717, 1.165) is 12.8 Å². The van der Waals surface area contributed by atoms with Crippen LogP contribution < -0.4 is 0 Å². The summed E-state index contributed by atoms with van der Waals surface area (Å²) >= 11 is 0. The minimum atomic E-state index is -0.854. The first kappa shape index (κ1) is 13.9. The second-order valence-electron chi connectivity index (χ2n) is 3.98. The summed E-state index contributed by atoms with van der Waals surface area (Å²) in [5, 5.41) is 8.57. The molecule has 0 aromatic carbocycles. The lowest BCUT2D eigenvalue weighted by molar-refractivity contribution is -0.139. The fourth-order valence-electron chi connectivity index (χ4n) is 1.28. The summed E-state index contributed by atoms with van der Waals surface area (Å²) in [5.74, 6) is -0.867. The Morgan fingerprint density at radius 3 is 2.27 bits per heavy atom. The zero-order chi connectivity index (χ0) is 11.8. The number of carbonyl (C=O) groups is 2. The van der Waals surface area contributed by atoms with E-state index in [0.29, 0.717) is 13.1 Å². The van der Waals surface area contributed by atoms with Crippen LogP contribution in [0.3, 0.4) is 0 Å². The minimum Gasteiger partial charge on any atom is -0.481 e. The maximum Gasteiger partial charge on any atom is 0.305 e. The quantitative estimate of drug-likeness (QED) is 0.703. The third-order valence-corrected chi connectivity index (χ3v) is 2.18. The van der Waals surface area contributed by atoms with E-state index in [1.165, 1.54) is 0 Å². The molecule has 0 aromatic heterocycles. The molecular weight excluding hydrogens is 194 g/mol. The first-order valence-corrected chi connectivity index (χ1v) is 5.49. The molecule has 15 heavy (non-hydrogen) atoms. The predicted octanol–water partition coefficient (Wildman–Crippen LogP) is 1.75. The minimum absolute atomic E-state index is 0.0299. The molecule has 0 bridgehead atoms. The molecule has 0 radical (unpaired) electrons. The largest absolute Gasteiger partial charge is 0.481 e. The first-order valence-electron chi connectivity index (χ1n) is 5.49. The lowest BCUT2D eigenvalue weighted by atomic mass is 10.1. The third-order valence-electron chi connectivity index (χ3n) is 2.18. The molecule has 0 unspecified atom stereocenters. The normalized spacial score (nSPS) is 10.4. The number of nitrogens with zero attached hydrogens (tertiary/aromatic N) is 1. The SMILES string of the molecule is CCCCN(CCC(=O)O)C(=O)C(C)C. The van der Waals surface area contributed by atoms with E-state index in [1.54, 1.807) is 4.90 Å². The number of hydrogen-bond acceptors (Lipinski definition) is 2. The van der Waals surface area contributed by atoms with Crippen LogP contribution in [-0.4, -0.2) is 35.0 Å². The van der Waals surface area contributed by atoms with Gasteiger partial charge in [0.25, 0.3) is 0 Å². The Morgan fingerprint density at radius 2 is 1.87 bits per heavy atom. The molecule has 4 nitrogen and oxygen atoms in total. The van der Waals surface area contributed by atoms with E-state index >= 15 is 0 Å². The van der Waals surface area contributed by atoms with Crippen LogP contribution >= 0.6 is 0 Å². The van der Waals surface area contributed by atoms with Gasteiger partial charge in [0.15, 0.2) is 0 Å². The summed E-state index contributed by atoms with van der Waals surface area (Å²) in [7, 11) is 0. The molecule has 0 saturated carbocycles. The summed E-state index contributed by atoms with van der Waals surface area (Å²) in [4.78, 5) is 23.8. The van der Waals surface area contributed by atoms with Gasteiger partial charge in [0, 0.05) is 19.0 Å². The topological polar surface area (TPSA) is 57.6 Å². The van der Waals surface area contributed by atoms with Gasteiger partial charge in [0.2, 0.25) is 5.91 Å². The van der Waals surface area contributed by atoms with Crippen LogP contribution in [0, 0.1) is 5.92 Å². The zero-order valence-corrected chi connectivity index (χ0v) is 9.82. The summed E-state index contributed by atoms with van der Waals surface area (Å²) in [6.07, 6.45) is 1.97. The van der Waals surface area contributed by atoms with Crippen molar-refractivity contribution in [2.75, 3.05) is 13.1 Å². The smallest absolute Gasteiger partial charge is 0.305 e. The van der Waals surface area contributed by atoms with Gasteiger partial charge in [0.1, 0.15) is 0 Å². The average Bonchev–Trinajstić information content (AvgIpc) is 2.16. The van der Waals surface area contributed by atoms with Crippen molar-refractivity contribution in [3.05, 3.63) is 0 Å². The summed E-state index contributed by atoms with van der Waals surface area (Å²) in [6.45, 7) is 6.71. The molecule has 0 rings (SSSR count). The van der Waals surface area contributed by atoms with E-state index in [-0.39, 0.29) is 18.2 Å². The lowest BCUT2D eigenvalue weighted by Gasteiger charge is -2.23. The van der Waals surface area contributed by atoms with E-state index in [2.05, 4.69) is 6.92 Å². The Bertz CT molecular complexity index is 214. The molecule has 0 saturated heterocycles. The van der Waals surface area contributed by atoms with E-state index in [4.69, 9.17) is 5.11 Å². The molecule has 0 spiro atoms. The van der Waals surface area contributed by atoms with Crippen molar-refractivity contribution in [2.24, 2.45) is 5.92 Å². The third kappa shape index (κ3) is 6.10. The Morgan fingerprint density at radius 1 is 1.27 bits per heavy atom. The van der Waals surface area contributed by atoms with Gasteiger partial charge in [-0.1, -0.05) is 27.2 Å². The van der Waals surface area contributed by atoms with Crippen molar-refractivity contribution in [3.8, 4) is 0 Å². The molecule has 4 heteroatoms. The monoisotopic (exact) mass is 215 g/mol. The average molecular weight is 215 g/mol. The Labute approximate surface area is 91.3 Å². The summed E-state index contributed by atoms with van der Waals surface area (Å²) in [6, 6.07) is 0. The standard InChI is InChI=1S/C11H21NO3/c1-4-5-7-12(8-6-10(13)14)11(15)9(2)3/h9H,4-8H2,1-3H3,(H,13,14). The van der Waals surface area contributed by atoms with Crippen molar-refractivity contribution in [3.63, 3.8) is 0 Å². The maximum atomic E-state index is 11.7. The highest BCUT2D eigenvalue weighted by Gasteiger charge is 2.16. The molecule has 0 atom stereocenters. The van der Waals surface area contributed by atoms with Crippen molar-refractivity contribution in [1.29, 1.82) is 0 Å². The predicted molar refractivity (Wildman–Crippen MR) is 58.6 cm³/mol. The lowest BCUT2D eigenvalue weighted by Crippen LogP contribution is -2.36. The van der Waals surface area contributed by atoms with Crippen LogP contribution in [0.2, 0.25) is 0 Å². The number of rotatable bonds is 7. The molecule has 0 aromatic rings. The van der Waals surface area contributed by atoms with Crippen LogP contribution in [0.4, 0.5) is 0 Å². The number of carboxylic acids is 1. The molecule has 88 valence electrons. The molecule has 0 fully saturated rings. The highest BCUT2D eigenvalue weighted by Crippen LogP contribution is 2.04. The van der Waals surface area contributed by atoms with Crippen molar-refractivity contribution < 1.29 is 14.7 Å². The van der Waals surface area contributed by atoms with Gasteiger partial charge in [-0.3, -0.25) is 9.59 Å². The van der Waals surface area contributed by atoms with Gasteiger partial charge < -0.3 is 10.0 Å². The molecule has 1 N–H and O–H groups in total. The molecule has 0 aliphatic carbocycles. The fourth-order valence-corrected chi connectivity index (χ4v) is 1.28. The molecule has 1 amide bonds. The van der Waals surface area contributed by atoms with E-state index < -0.39 is 5.97 Å². The zero-order valence-electron chi connectivity index (χ0n) is 9.82. The van der Waals surface area contributed by atoms with Crippen molar-refractivity contribution in [1.82, 2.24) is 4.90 Å². The first-order chi connectivity index (χ1) is 6.99. The number of hydrogen-bond donors (Lipinski definition) is 1. The van der Waals surface area contributed by atoms with Gasteiger partial charge in [-0.05, 0) is 6.42 Å². The van der Waals surface area contributed by atoms with Crippen LogP contribution in [0.5, 0.6) is 0 Å². The second-order valence-corrected chi connectivity index (χ2v) is 3.98. The van der Waals surface area contributed by atoms with Gasteiger partial charge in [-0.15, -0.1) is 0 Å². The van der Waals surface area contributed by atoms with Crippen LogP contribution in [0.1, 0.15) is 40.0 Å². The van der Waals surface area contributed by atoms with Gasteiger partial charge in [-0.2, -0.15) is 0 Å². The van der Waals surface area contributed by atoms with Crippen LogP contribution in [0.15, 0.2) is 0 Å². The number of amides is 1. The van der Waals surface area contributed by atoms with Crippen LogP contribution in [-0.2, 0) is 9.59 Å². The maximum absolute atomic E-state index is 11.7. The highest BCUT2D eigenvalue weighted by molar-refractivity contribution is 5.78. The van der Waals surface area contributed by atoms with E-state index in [1.807, 2.05) is 13.8 Å². The Kier molecular flexibility index (Phi) is 6.75. The van der Waals surface area contributed by atoms with Gasteiger partial charge in [0.05, 0.1) is 6.42 Å². The number of unbranched alkanes of at least 4 members (excludes halogenated alkanes) is 1. The van der Waals surface area contributed by atoms with Crippen molar-refractivity contribution in [2.45, 2.75) is 40.0 Å². The summed E-state index contributed by atoms with van der Waals surface area (Å²) < 4.78 is 0. The Balaban J connectivity index is 4.17. The van der Waals surface area contributed by atoms with Crippen molar-refractivity contribution >= 4 is 11.9 Å². The highest BCUT2D eigenvalue weighted by atomic mass is 16.4. The van der Waals surface area contributed by atoms with Crippen LogP contribution in [0.25, 0.3) is 0 Å². The number of aliphatic carboxylic acids is 1. The fraction of sp³-hybridized carbons (Fsp3) is 0.818. The number of carboxylic acid groups (broad SMARTS) is 1. The van der Waals surface area contributed by atoms with E-state index in [9.17, 15) is 9.59 Å². The number of carbonyl (C=O) groups excluding carboxylic acids is 1. The molecule has 0 aliphatic rings. The Hall–Kier alpha value is -1.06. The molecule has 0 heterocycles.